The number of Topliss-reactive ketones (excluding diaryl/α,β-unsaturated/α-hetero) is 1. The number of carbonyl (C=O) groups is 1. The summed E-state index contributed by atoms with van der Waals surface area (Å²) in [6.45, 7) is 5.34. The zero-order chi connectivity index (χ0) is 15.4. The van der Waals surface area contributed by atoms with Gasteiger partial charge in [0.25, 0.3) is 0 Å². The Hall–Kier alpha value is -2.30. The molecule has 0 aromatic heterocycles. The van der Waals surface area contributed by atoms with Gasteiger partial charge in [-0.25, -0.2) is 0 Å². The number of fused-ring (bicyclic) bond motifs is 1. The van der Waals surface area contributed by atoms with Crippen LogP contribution in [-0.2, 0) is 16.0 Å². The van der Waals surface area contributed by atoms with Crippen LogP contribution >= 0.6 is 0 Å². The number of aromatic hydroxyl groups is 1. The molecule has 3 rings (SSSR count). The summed E-state index contributed by atoms with van der Waals surface area (Å²) in [6.07, 6.45) is 1.93. The first kappa shape index (κ1) is 13.7. The van der Waals surface area contributed by atoms with Gasteiger partial charge in [-0.1, -0.05) is 6.92 Å². The predicted molar refractivity (Wildman–Crippen MR) is 75.2 cm³/mol. The van der Waals surface area contributed by atoms with Crippen molar-refractivity contribution in [3.8, 4) is 11.5 Å². The van der Waals surface area contributed by atoms with Gasteiger partial charge in [0.2, 0.25) is 11.2 Å². The number of ether oxygens (including phenoxy) is 2. The lowest BCUT2D eigenvalue weighted by atomic mass is 9.85. The van der Waals surface area contributed by atoms with Crippen LogP contribution in [0.1, 0.15) is 25.0 Å². The number of hydrogen-bond donors (Lipinski definition) is 1. The van der Waals surface area contributed by atoms with Gasteiger partial charge in [0.15, 0.2) is 5.75 Å². The molecule has 21 heavy (non-hydrogen) atoms. The molecule has 1 aromatic rings. The van der Waals surface area contributed by atoms with Crippen LogP contribution in [0.25, 0.3) is 0 Å². The summed E-state index contributed by atoms with van der Waals surface area (Å²) >= 11 is 0. The van der Waals surface area contributed by atoms with E-state index in [1.165, 1.54) is 18.4 Å². The molecule has 0 saturated carbocycles. The molecule has 1 aromatic carbocycles. The third-order valence-electron chi connectivity index (χ3n) is 4.15. The van der Waals surface area contributed by atoms with Gasteiger partial charge in [0, 0.05) is 17.6 Å². The number of ketones is 1. The molecular formula is C16H16O5. The van der Waals surface area contributed by atoms with Gasteiger partial charge in [-0.15, -0.1) is 0 Å². The lowest BCUT2D eigenvalue weighted by Gasteiger charge is -2.38. The molecule has 0 aliphatic carbocycles. The van der Waals surface area contributed by atoms with E-state index in [0.29, 0.717) is 17.7 Å². The summed E-state index contributed by atoms with van der Waals surface area (Å²) in [4.78, 5) is 24.2. The first-order chi connectivity index (χ1) is 9.85. The first-order valence-electron chi connectivity index (χ1n) is 6.80. The quantitative estimate of drug-likeness (QED) is 0.788. The van der Waals surface area contributed by atoms with Crippen molar-refractivity contribution in [3.63, 3.8) is 0 Å². The summed E-state index contributed by atoms with van der Waals surface area (Å²) in [5, 5.41) is 9.66. The van der Waals surface area contributed by atoms with Gasteiger partial charge in [0.1, 0.15) is 5.75 Å². The van der Waals surface area contributed by atoms with E-state index in [1.54, 1.807) is 13.8 Å². The van der Waals surface area contributed by atoms with Crippen LogP contribution in [0.4, 0.5) is 0 Å². The van der Waals surface area contributed by atoms with E-state index in [9.17, 15) is 14.7 Å². The van der Waals surface area contributed by atoms with E-state index >= 15 is 0 Å². The van der Waals surface area contributed by atoms with Crippen molar-refractivity contribution in [2.75, 3.05) is 0 Å². The van der Waals surface area contributed by atoms with Gasteiger partial charge in [0.05, 0.1) is 6.26 Å². The largest absolute Gasteiger partial charge is 0.504 e. The Labute approximate surface area is 121 Å². The SMILES string of the molecule is CC1=CO[C@]2(Oc3cc(=O)c(O)cc(C)c3C[C@H]2C)C1=O. The van der Waals surface area contributed by atoms with E-state index in [4.69, 9.17) is 9.47 Å². The molecule has 0 amide bonds. The van der Waals surface area contributed by atoms with Crippen LogP contribution in [0.15, 0.2) is 28.8 Å². The van der Waals surface area contributed by atoms with E-state index in [1.807, 2.05) is 6.92 Å². The van der Waals surface area contributed by atoms with Crippen molar-refractivity contribution in [2.24, 2.45) is 5.92 Å². The average molecular weight is 288 g/mol. The topological polar surface area (TPSA) is 72.8 Å². The average Bonchev–Trinajstić information content (AvgIpc) is 2.66. The fraction of sp³-hybridized carbons (Fsp3) is 0.375. The number of carbonyl (C=O) groups excluding carboxylic acids is 1. The molecule has 110 valence electrons. The molecule has 0 fully saturated rings. The van der Waals surface area contributed by atoms with Crippen molar-refractivity contribution in [2.45, 2.75) is 33.0 Å². The zero-order valence-corrected chi connectivity index (χ0v) is 12.1. The summed E-state index contributed by atoms with van der Waals surface area (Å²) in [5.41, 5.74) is 1.51. The van der Waals surface area contributed by atoms with Crippen molar-refractivity contribution in [1.82, 2.24) is 0 Å². The summed E-state index contributed by atoms with van der Waals surface area (Å²) in [5.74, 6) is -1.85. The van der Waals surface area contributed by atoms with Crippen molar-refractivity contribution >= 4 is 5.78 Å². The second-order valence-corrected chi connectivity index (χ2v) is 5.69. The number of aryl methyl sites for hydroxylation is 1. The minimum absolute atomic E-state index is 0.204. The Morgan fingerprint density at radius 1 is 1.29 bits per heavy atom. The summed E-state index contributed by atoms with van der Waals surface area (Å²) < 4.78 is 11.3. The molecule has 2 heterocycles. The molecule has 5 heteroatoms. The Kier molecular flexibility index (Phi) is 2.83. The van der Waals surface area contributed by atoms with E-state index < -0.39 is 11.2 Å². The molecule has 1 spiro atoms. The predicted octanol–water partition coefficient (Wildman–Crippen LogP) is 1.83. The molecule has 2 aliphatic rings. The minimum Gasteiger partial charge on any atom is -0.504 e. The Morgan fingerprint density at radius 3 is 2.62 bits per heavy atom. The maximum atomic E-state index is 12.4. The molecule has 2 aliphatic heterocycles. The summed E-state index contributed by atoms with van der Waals surface area (Å²) in [7, 11) is 0. The van der Waals surface area contributed by atoms with Gasteiger partial charge in [-0.2, -0.15) is 0 Å². The molecule has 0 unspecified atom stereocenters. The van der Waals surface area contributed by atoms with Crippen LogP contribution in [0.5, 0.6) is 11.5 Å². The molecular weight excluding hydrogens is 272 g/mol. The van der Waals surface area contributed by atoms with E-state index in [0.717, 1.165) is 11.1 Å². The Balaban J connectivity index is 2.17. The van der Waals surface area contributed by atoms with Gasteiger partial charge in [-0.3, -0.25) is 9.59 Å². The summed E-state index contributed by atoms with van der Waals surface area (Å²) in [6, 6.07) is 2.64. The van der Waals surface area contributed by atoms with Gasteiger partial charge < -0.3 is 14.6 Å². The third kappa shape index (κ3) is 1.84. The number of rotatable bonds is 0. The van der Waals surface area contributed by atoms with Crippen molar-refractivity contribution < 1.29 is 19.4 Å². The third-order valence-corrected chi connectivity index (χ3v) is 4.15. The lowest BCUT2D eigenvalue weighted by Crippen LogP contribution is -2.52. The molecule has 2 atom stereocenters. The molecule has 0 saturated heterocycles. The fourth-order valence-electron chi connectivity index (χ4n) is 2.86. The Morgan fingerprint density at radius 2 is 2.00 bits per heavy atom. The standard InChI is InChI=1S/C16H16O5/c1-8-4-12(17)13(18)6-14-11(8)5-10(3)16(21-14)15(19)9(2)7-20-16/h4,6-7,10H,5H2,1-3H3,(H,17,18)/t10-,16-/m1/s1. The second kappa shape index (κ2) is 4.35. The zero-order valence-electron chi connectivity index (χ0n) is 12.1. The first-order valence-corrected chi connectivity index (χ1v) is 6.80. The molecule has 5 nitrogen and oxygen atoms in total. The van der Waals surface area contributed by atoms with E-state index in [-0.39, 0.29) is 17.5 Å². The Bertz CT molecular complexity index is 734. The van der Waals surface area contributed by atoms with Crippen molar-refractivity contribution in [1.29, 1.82) is 0 Å². The van der Waals surface area contributed by atoms with Crippen LogP contribution in [-0.4, -0.2) is 16.7 Å². The van der Waals surface area contributed by atoms with E-state index in [2.05, 4.69) is 0 Å². The monoisotopic (exact) mass is 288 g/mol. The normalized spacial score (nSPS) is 26.9. The maximum absolute atomic E-state index is 12.4. The van der Waals surface area contributed by atoms with Crippen LogP contribution in [0.3, 0.4) is 0 Å². The maximum Gasteiger partial charge on any atom is 0.318 e. The van der Waals surface area contributed by atoms with Crippen molar-refractivity contribution in [3.05, 3.63) is 45.3 Å². The highest BCUT2D eigenvalue weighted by Crippen LogP contribution is 2.42. The van der Waals surface area contributed by atoms with Gasteiger partial charge >= 0.3 is 5.79 Å². The van der Waals surface area contributed by atoms with Crippen LogP contribution in [0.2, 0.25) is 0 Å². The second-order valence-electron chi connectivity index (χ2n) is 5.69. The highest BCUT2D eigenvalue weighted by atomic mass is 16.7. The van der Waals surface area contributed by atoms with Gasteiger partial charge in [-0.05, 0) is 37.5 Å². The minimum atomic E-state index is -1.39. The lowest BCUT2D eigenvalue weighted by molar-refractivity contribution is -0.184. The van der Waals surface area contributed by atoms with Crippen LogP contribution < -0.4 is 10.2 Å². The molecule has 1 N–H and O–H groups in total. The highest BCUT2D eigenvalue weighted by Gasteiger charge is 2.54. The fourth-order valence-corrected chi connectivity index (χ4v) is 2.86. The highest BCUT2D eigenvalue weighted by molar-refractivity contribution is 6.02. The molecule has 0 bridgehead atoms. The molecule has 0 radical (unpaired) electrons. The van der Waals surface area contributed by atoms with Crippen LogP contribution in [0, 0.1) is 12.8 Å². The smallest absolute Gasteiger partial charge is 0.318 e. The number of hydrogen-bond acceptors (Lipinski definition) is 5.